The van der Waals surface area contributed by atoms with Gasteiger partial charge in [-0.25, -0.2) is 4.98 Å². The van der Waals surface area contributed by atoms with Crippen molar-refractivity contribution in [1.29, 1.82) is 0 Å². The monoisotopic (exact) mass is 261 g/mol. The van der Waals surface area contributed by atoms with E-state index >= 15 is 0 Å². The molecule has 0 amide bonds. The van der Waals surface area contributed by atoms with Crippen LogP contribution in [-0.4, -0.2) is 17.6 Å². The molecule has 0 atom stereocenters. The van der Waals surface area contributed by atoms with Crippen LogP contribution >= 0.6 is 0 Å². The summed E-state index contributed by atoms with van der Waals surface area (Å²) in [7, 11) is 0. The molecule has 3 nitrogen and oxygen atoms in total. The molecule has 0 spiro atoms. The number of hydrogen-bond acceptors (Lipinski definition) is 3. The number of hydrogen-bond donors (Lipinski definition) is 1. The van der Waals surface area contributed by atoms with E-state index in [1.54, 1.807) is 0 Å². The van der Waals surface area contributed by atoms with Gasteiger partial charge in [-0.05, 0) is 42.9 Å². The van der Waals surface area contributed by atoms with Crippen molar-refractivity contribution >= 4 is 5.82 Å². The standard InChI is InChI=1S/C16H27N3/c1-4-5-14-8-13(10-17)9-16(18-14)19(11-12(2)3)15-6-7-15/h8-9,12,15H,4-7,10-11,17H2,1-3H3. The Morgan fingerprint density at radius 3 is 2.63 bits per heavy atom. The third kappa shape index (κ3) is 3.93. The molecule has 1 aromatic rings. The summed E-state index contributed by atoms with van der Waals surface area (Å²) >= 11 is 0. The number of anilines is 1. The van der Waals surface area contributed by atoms with Crippen molar-refractivity contribution in [2.75, 3.05) is 11.4 Å². The van der Waals surface area contributed by atoms with Crippen LogP contribution in [0, 0.1) is 5.92 Å². The lowest BCUT2D eigenvalue weighted by Crippen LogP contribution is -2.31. The first-order valence-corrected chi connectivity index (χ1v) is 7.60. The van der Waals surface area contributed by atoms with Crippen LogP contribution in [0.2, 0.25) is 0 Å². The number of rotatable bonds is 7. The predicted octanol–water partition coefficient (Wildman–Crippen LogP) is 3.12. The Balaban J connectivity index is 2.26. The number of nitrogens with zero attached hydrogens (tertiary/aromatic N) is 2. The van der Waals surface area contributed by atoms with Crippen molar-refractivity contribution in [3.05, 3.63) is 23.4 Å². The van der Waals surface area contributed by atoms with Gasteiger partial charge in [-0.2, -0.15) is 0 Å². The van der Waals surface area contributed by atoms with Gasteiger partial charge in [0.1, 0.15) is 5.82 Å². The Bertz CT molecular complexity index is 410. The fraction of sp³-hybridized carbons (Fsp3) is 0.688. The van der Waals surface area contributed by atoms with Crippen molar-refractivity contribution in [3.63, 3.8) is 0 Å². The minimum Gasteiger partial charge on any atom is -0.353 e. The van der Waals surface area contributed by atoms with E-state index in [0.717, 1.165) is 25.2 Å². The zero-order valence-electron chi connectivity index (χ0n) is 12.5. The highest BCUT2D eigenvalue weighted by molar-refractivity contribution is 5.45. The smallest absolute Gasteiger partial charge is 0.129 e. The topological polar surface area (TPSA) is 42.1 Å². The van der Waals surface area contributed by atoms with Gasteiger partial charge in [-0.3, -0.25) is 0 Å². The predicted molar refractivity (Wildman–Crippen MR) is 81.3 cm³/mol. The van der Waals surface area contributed by atoms with Gasteiger partial charge in [0.2, 0.25) is 0 Å². The molecule has 1 heterocycles. The molecule has 3 heteroatoms. The highest BCUT2D eigenvalue weighted by Crippen LogP contribution is 2.32. The van der Waals surface area contributed by atoms with Gasteiger partial charge in [0.05, 0.1) is 0 Å². The molecular weight excluding hydrogens is 234 g/mol. The zero-order chi connectivity index (χ0) is 13.8. The molecule has 1 aliphatic rings. The molecule has 0 unspecified atom stereocenters. The molecule has 19 heavy (non-hydrogen) atoms. The molecule has 0 bridgehead atoms. The van der Waals surface area contributed by atoms with Crippen LogP contribution in [0.15, 0.2) is 12.1 Å². The SMILES string of the molecule is CCCc1cc(CN)cc(N(CC(C)C)C2CC2)n1. The fourth-order valence-electron chi connectivity index (χ4n) is 2.49. The first-order valence-electron chi connectivity index (χ1n) is 7.60. The van der Waals surface area contributed by atoms with Crippen LogP contribution in [0.1, 0.15) is 51.3 Å². The molecule has 0 saturated heterocycles. The first-order chi connectivity index (χ1) is 9.13. The summed E-state index contributed by atoms with van der Waals surface area (Å²) in [5.74, 6) is 1.81. The van der Waals surface area contributed by atoms with E-state index in [1.165, 1.54) is 24.1 Å². The second kappa shape index (κ2) is 6.38. The highest BCUT2D eigenvalue weighted by Gasteiger charge is 2.30. The summed E-state index contributed by atoms with van der Waals surface area (Å²) in [5.41, 5.74) is 8.23. The second-order valence-electron chi connectivity index (χ2n) is 6.06. The van der Waals surface area contributed by atoms with Gasteiger partial charge in [0.15, 0.2) is 0 Å². The van der Waals surface area contributed by atoms with E-state index in [0.29, 0.717) is 18.5 Å². The molecule has 2 N–H and O–H groups in total. The van der Waals surface area contributed by atoms with Gasteiger partial charge < -0.3 is 10.6 Å². The number of aromatic nitrogens is 1. The van der Waals surface area contributed by atoms with Crippen molar-refractivity contribution in [2.24, 2.45) is 11.7 Å². The third-order valence-electron chi connectivity index (χ3n) is 3.51. The number of aryl methyl sites for hydroxylation is 1. The van der Waals surface area contributed by atoms with Crippen LogP contribution in [0.25, 0.3) is 0 Å². The lowest BCUT2D eigenvalue weighted by molar-refractivity contribution is 0.601. The number of nitrogens with two attached hydrogens (primary N) is 1. The van der Waals surface area contributed by atoms with Crippen LogP contribution in [-0.2, 0) is 13.0 Å². The maximum Gasteiger partial charge on any atom is 0.129 e. The van der Waals surface area contributed by atoms with Gasteiger partial charge in [0.25, 0.3) is 0 Å². The van der Waals surface area contributed by atoms with Gasteiger partial charge in [-0.1, -0.05) is 27.2 Å². The van der Waals surface area contributed by atoms with E-state index in [-0.39, 0.29) is 0 Å². The largest absolute Gasteiger partial charge is 0.353 e. The molecule has 1 aromatic heterocycles. The van der Waals surface area contributed by atoms with Crippen LogP contribution in [0.3, 0.4) is 0 Å². The molecule has 0 aliphatic heterocycles. The highest BCUT2D eigenvalue weighted by atomic mass is 15.2. The molecular formula is C16H27N3. The Kier molecular flexibility index (Phi) is 4.81. The number of pyridine rings is 1. The Morgan fingerprint density at radius 2 is 2.11 bits per heavy atom. The summed E-state index contributed by atoms with van der Waals surface area (Å²) in [6, 6.07) is 5.05. The van der Waals surface area contributed by atoms with E-state index in [4.69, 9.17) is 10.7 Å². The van der Waals surface area contributed by atoms with Crippen molar-refractivity contribution in [2.45, 2.75) is 59.0 Å². The molecule has 1 saturated carbocycles. The summed E-state index contributed by atoms with van der Waals surface area (Å²) in [6.07, 6.45) is 4.80. The molecule has 1 fully saturated rings. The second-order valence-corrected chi connectivity index (χ2v) is 6.06. The van der Waals surface area contributed by atoms with Crippen LogP contribution in [0.4, 0.5) is 5.82 Å². The third-order valence-corrected chi connectivity index (χ3v) is 3.51. The minimum absolute atomic E-state index is 0.604. The Morgan fingerprint density at radius 1 is 1.37 bits per heavy atom. The molecule has 1 aliphatic carbocycles. The summed E-state index contributed by atoms with van der Waals surface area (Å²) in [6.45, 7) is 8.44. The van der Waals surface area contributed by atoms with Crippen molar-refractivity contribution in [1.82, 2.24) is 4.98 Å². The van der Waals surface area contributed by atoms with Gasteiger partial charge in [-0.15, -0.1) is 0 Å². The quantitative estimate of drug-likeness (QED) is 0.820. The summed E-state index contributed by atoms with van der Waals surface area (Å²) in [4.78, 5) is 7.35. The van der Waals surface area contributed by atoms with Crippen LogP contribution < -0.4 is 10.6 Å². The minimum atomic E-state index is 0.604. The van der Waals surface area contributed by atoms with E-state index < -0.39 is 0 Å². The zero-order valence-corrected chi connectivity index (χ0v) is 12.5. The van der Waals surface area contributed by atoms with Crippen LogP contribution in [0.5, 0.6) is 0 Å². The lowest BCUT2D eigenvalue weighted by atomic mass is 10.1. The molecule has 106 valence electrons. The van der Waals surface area contributed by atoms with E-state index in [2.05, 4.69) is 37.8 Å². The Hall–Kier alpha value is -1.09. The molecule has 0 aromatic carbocycles. The van der Waals surface area contributed by atoms with Gasteiger partial charge >= 0.3 is 0 Å². The maximum absolute atomic E-state index is 5.83. The summed E-state index contributed by atoms with van der Waals surface area (Å²) < 4.78 is 0. The van der Waals surface area contributed by atoms with Crippen molar-refractivity contribution in [3.8, 4) is 0 Å². The first kappa shape index (κ1) is 14.3. The van der Waals surface area contributed by atoms with E-state index in [9.17, 15) is 0 Å². The average Bonchev–Trinajstić information content (AvgIpc) is 3.20. The normalized spacial score (nSPS) is 15.0. The van der Waals surface area contributed by atoms with E-state index in [1.807, 2.05) is 0 Å². The maximum atomic E-state index is 5.83. The lowest BCUT2D eigenvalue weighted by Gasteiger charge is -2.26. The molecule has 0 radical (unpaired) electrons. The Labute approximate surface area is 117 Å². The van der Waals surface area contributed by atoms with Crippen molar-refractivity contribution < 1.29 is 0 Å². The average molecular weight is 261 g/mol. The fourth-order valence-corrected chi connectivity index (χ4v) is 2.49. The molecule has 2 rings (SSSR count). The van der Waals surface area contributed by atoms with Gasteiger partial charge in [0, 0.05) is 24.8 Å². The summed E-state index contributed by atoms with van der Waals surface area (Å²) in [5, 5.41) is 0.